The van der Waals surface area contributed by atoms with Crippen LogP contribution in [0.1, 0.15) is 5.56 Å². The van der Waals surface area contributed by atoms with Crippen molar-refractivity contribution in [2.45, 2.75) is 0 Å². The summed E-state index contributed by atoms with van der Waals surface area (Å²) in [4.78, 5) is 8.73. The summed E-state index contributed by atoms with van der Waals surface area (Å²) in [7, 11) is 4.08. The first-order valence-corrected chi connectivity index (χ1v) is 5.81. The molecular formula is C13H15N5. The van der Waals surface area contributed by atoms with Gasteiger partial charge in [-0.05, 0) is 23.8 Å². The Morgan fingerprint density at radius 3 is 2.78 bits per heavy atom. The summed E-state index contributed by atoms with van der Waals surface area (Å²) in [6.45, 7) is 0.881. The number of rotatable bonds is 1. The third kappa shape index (κ3) is 1.78. The first-order chi connectivity index (χ1) is 8.63. The van der Waals surface area contributed by atoms with Crippen molar-refractivity contribution in [2.24, 2.45) is 0 Å². The Labute approximate surface area is 106 Å². The highest BCUT2D eigenvalue weighted by Gasteiger charge is 2.16. The second kappa shape index (κ2) is 3.96. The summed E-state index contributed by atoms with van der Waals surface area (Å²) in [6.07, 6.45) is 3.99. The number of nitrogens with two attached hydrogens (primary N) is 1. The smallest absolute Gasteiger partial charge is 0.124 e. The number of fused-ring (bicyclic) bond motifs is 1. The molecule has 2 aromatic rings. The molecule has 0 unspecified atom stereocenters. The fourth-order valence-corrected chi connectivity index (χ4v) is 2.09. The largest absolute Gasteiger partial charge is 0.384 e. The third-order valence-electron chi connectivity index (χ3n) is 3.21. The lowest BCUT2D eigenvalue weighted by Crippen LogP contribution is -2.27. The standard InChI is InChI=1S/C13H15N5/c1-17-7-10(8-18(17)2)9-5-12-11(15-6-9)3-4-13(14)16-12/h3-7H,8H2,1-2H3,(H2,14,16). The second-order valence-electron chi connectivity index (χ2n) is 4.54. The number of hydrogen-bond acceptors (Lipinski definition) is 5. The molecule has 0 bridgehead atoms. The van der Waals surface area contributed by atoms with Crippen LogP contribution in [0.3, 0.4) is 0 Å². The van der Waals surface area contributed by atoms with Gasteiger partial charge in [0, 0.05) is 38.6 Å². The molecule has 2 N–H and O–H groups in total. The average molecular weight is 241 g/mol. The highest BCUT2D eigenvalue weighted by molar-refractivity contribution is 5.81. The zero-order valence-corrected chi connectivity index (χ0v) is 10.5. The number of anilines is 1. The maximum atomic E-state index is 5.70. The van der Waals surface area contributed by atoms with E-state index in [-0.39, 0.29) is 0 Å². The van der Waals surface area contributed by atoms with Gasteiger partial charge in [-0.15, -0.1) is 0 Å². The van der Waals surface area contributed by atoms with Crippen LogP contribution in [0.15, 0.2) is 30.6 Å². The molecule has 0 atom stereocenters. The lowest BCUT2D eigenvalue weighted by Gasteiger charge is -2.18. The quantitative estimate of drug-likeness (QED) is 0.816. The van der Waals surface area contributed by atoms with Crippen molar-refractivity contribution >= 4 is 22.4 Å². The first-order valence-electron chi connectivity index (χ1n) is 5.81. The lowest BCUT2D eigenvalue weighted by atomic mass is 10.1. The Kier molecular flexibility index (Phi) is 2.41. The van der Waals surface area contributed by atoms with E-state index in [1.807, 2.05) is 32.4 Å². The van der Waals surface area contributed by atoms with Crippen LogP contribution in [-0.4, -0.2) is 40.6 Å². The van der Waals surface area contributed by atoms with Crippen molar-refractivity contribution < 1.29 is 0 Å². The molecule has 0 radical (unpaired) electrons. The molecule has 0 aliphatic carbocycles. The van der Waals surface area contributed by atoms with Crippen LogP contribution in [0.2, 0.25) is 0 Å². The minimum Gasteiger partial charge on any atom is -0.384 e. The van der Waals surface area contributed by atoms with Crippen molar-refractivity contribution in [3.63, 3.8) is 0 Å². The molecule has 0 saturated carbocycles. The molecule has 3 rings (SSSR count). The molecule has 2 aromatic heterocycles. The lowest BCUT2D eigenvalue weighted by molar-refractivity contribution is 0.118. The predicted molar refractivity (Wildman–Crippen MR) is 72.3 cm³/mol. The van der Waals surface area contributed by atoms with E-state index in [9.17, 15) is 0 Å². The van der Waals surface area contributed by atoms with Gasteiger partial charge in [0.15, 0.2) is 0 Å². The zero-order valence-electron chi connectivity index (χ0n) is 10.5. The molecule has 5 nitrogen and oxygen atoms in total. The van der Waals surface area contributed by atoms with Crippen LogP contribution >= 0.6 is 0 Å². The van der Waals surface area contributed by atoms with E-state index in [2.05, 4.69) is 26.2 Å². The van der Waals surface area contributed by atoms with Crippen molar-refractivity contribution in [2.75, 3.05) is 26.4 Å². The minimum absolute atomic E-state index is 0.524. The van der Waals surface area contributed by atoms with Crippen molar-refractivity contribution in [3.05, 3.63) is 36.2 Å². The van der Waals surface area contributed by atoms with Gasteiger partial charge in [-0.1, -0.05) is 0 Å². The van der Waals surface area contributed by atoms with E-state index in [1.165, 1.54) is 5.57 Å². The van der Waals surface area contributed by atoms with E-state index in [0.717, 1.165) is 23.1 Å². The predicted octanol–water partition coefficient (Wildman–Crippen LogP) is 1.35. The van der Waals surface area contributed by atoms with Gasteiger partial charge in [0.25, 0.3) is 0 Å². The number of hydrogen-bond donors (Lipinski definition) is 1. The Hall–Kier alpha value is -2.14. The monoisotopic (exact) mass is 241 g/mol. The highest BCUT2D eigenvalue weighted by atomic mass is 15.6. The molecule has 0 amide bonds. The van der Waals surface area contributed by atoms with Gasteiger partial charge in [-0.25, -0.2) is 9.99 Å². The Balaban J connectivity index is 2.06. The van der Waals surface area contributed by atoms with Gasteiger partial charge in [-0.2, -0.15) is 0 Å². The average Bonchev–Trinajstić information content (AvgIpc) is 2.69. The highest BCUT2D eigenvalue weighted by Crippen LogP contribution is 2.23. The van der Waals surface area contributed by atoms with Crippen LogP contribution in [0.4, 0.5) is 5.82 Å². The third-order valence-corrected chi connectivity index (χ3v) is 3.21. The fraction of sp³-hybridized carbons (Fsp3) is 0.231. The molecule has 0 fully saturated rings. The fourth-order valence-electron chi connectivity index (χ4n) is 2.09. The Morgan fingerprint density at radius 2 is 2.06 bits per heavy atom. The van der Waals surface area contributed by atoms with E-state index in [4.69, 9.17) is 5.73 Å². The first kappa shape index (κ1) is 11.0. The molecule has 0 saturated heterocycles. The summed E-state index contributed by atoms with van der Waals surface area (Å²) in [5, 5.41) is 4.19. The SMILES string of the molecule is CN1C=C(c2cnc3ccc(N)nc3c2)CN1C. The molecule has 92 valence electrons. The molecule has 0 aromatic carbocycles. The van der Waals surface area contributed by atoms with Crippen molar-refractivity contribution in [3.8, 4) is 0 Å². The topological polar surface area (TPSA) is 58.3 Å². The van der Waals surface area contributed by atoms with E-state index >= 15 is 0 Å². The maximum absolute atomic E-state index is 5.70. The second-order valence-corrected chi connectivity index (χ2v) is 4.54. The summed E-state index contributed by atoms with van der Waals surface area (Å²) in [6, 6.07) is 5.70. The minimum atomic E-state index is 0.524. The molecular weight excluding hydrogens is 226 g/mol. The molecule has 18 heavy (non-hydrogen) atoms. The van der Waals surface area contributed by atoms with Gasteiger partial charge in [0.1, 0.15) is 5.82 Å². The number of nitrogens with zero attached hydrogens (tertiary/aromatic N) is 4. The summed E-state index contributed by atoms with van der Waals surface area (Å²) in [5.41, 5.74) is 9.74. The van der Waals surface area contributed by atoms with E-state index < -0.39 is 0 Å². The van der Waals surface area contributed by atoms with Crippen LogP contribution in [0.25, 0.3) is 16.6 Å². The van der Waals surface area contributed by atoms with Gasteiger partial charge in [0.2, 0.25) is 0 Å². The number of nitrogen functional groups attached to an aromatic ring is 1. The van der Waals surface area contributed by atoms with Crippen LogP contribution < -0.4 is 5.73 Å². The van der Waals surface area contributed by atoms with Gasteiger partial charge >= 0.3 is 0 Å². The Morgan fingerprint density at radius 1 is 1.22 bits per heavy atom. The van der Waals surface area contributed by atoms with Gasteiger partial charge in [0.05, 0.1) is 11.0 Å². The van der Waals surface area contributed by atoms with Crippen molar-refractivity contribution in [1.29, 1.82) is 0 Å². The summed E-state index contributed by atoms with van der Waals surface area (Å²) < 4.78 is 0. The molecule has 1 aliphatic rings. The van der Waals surface area contributed by atoms with Crippen LogP contribution in [0, 0.1) is 0 Å². The van der Waals surface area contributed by atoms with Gasteiger partial charge in [-0.3, -0.25) is 4.98 Å². The molecule has 5 heteroatoms. The maximum Gasteiger partial charge on any atom is 0.124 e. The Bertz CT molecular complexity index is 634. The summed E-state index contributed by atoms with van der Waals surface area (Å²) >= 11 is 0. The zero-order chi connectivity index (χ0) is 12.7. The number of aromatic nitrogens is 2. The van der Waals surface area contributed by atoms with Gasteiger partial charge < -0.3 is 10.7 Å². The normalized spacial score (nSPS) is 16.3. The summed E-state index contributed by atoms with van der Waals surface area (Å²) in [5.74, 6) is 0.524. The van der Waals surface area contributed by atoms with E-state index in [1.54, 1.807) is 6.07 Å². The molecule has 1 aliphatic heterocycles. The molecule has 3 heterocycles. The van der Waals surface area contributed by atoms with Crippen LogP contribution in [-0.2, 0) is 0 Å². The molecule has 0 spiro atoms. The van der Waals surface area contributed by atoms with E-state index in [0.29, 0.717) is 5.82 Å². The number of hydrazine groups is 1. The van der Waals surface area contributed by atoms with Crippen LogP contribution in [0.5, 0.6) is 0 Å². The number of pyridine rings is 2. The van der Waals surface area contributed by atoms with Crippen molar-refractivity contribution in [1.82, 2.24) is 20.0 Å². The number of likely N-dealkylation sites (N-methyl/N-ethyl adjacent to an activating group) is 1.